The number of nitrogens with one attached hydrogen (secondary N) is 3. The van der Waals surface area contributed by atoms with Crippen LogP contribution >= 0.6 is 0 Å². The van der Waals surface area contributed by atoms with E-state index in [1.807, 2.05) is 55.6 Å². The summed E-state index contributed by atoms with van der Waals surface area (Å²) in [6, 6.07) is 12.5. The number of nitrogens with zero attached hydrogens (tertiary/aromatic N) is 1. The van der Waals surface area contributed by atoms with E-state index in [4.69, 9.17) is 9.47 Å². The molecule has 0 unspecified atom stereocenters. The zero-order valence-electron chi connectivity index (χ0n) is 26.3. The molecule has 1 saturated heterocycles. The molecule has 10 heteroatoms. The molecule has 1 fully saturated rings. The fraction of sp³-hybridized carbons (Fsp3) is 0.471. The quantitative estimate of drug-likeness (QED) is 0.371. The molecule has 10 nitrogen and oxygen atoms in total. The molecule has 234 valence electrons. The van der Waals surface area contributed by atoms with Crippen LogP contribution in [0.3, 0.4) is 0 Å². The monoisotopic (exact) mass is 602 g/mol. The van der Waals surface area contributed by atoms with Crippen molar-refractivity contribution in [2.75, 3.05) is 13.1 Å². The molecule has 1 atom stereocenters. The van der Waals surface area contributed by atoms with E-state index >= 15 is 0 Å². The van der Waals surface area contributed by atoms with Crippen molar-refractivity contribution in [2.24, 2.45) is 0 Å². The fourth-order valence-corrected chi connectivity index (χ4v) is 5.92. The van der Waals surface area contributed by atoms with Crippen molar-refractivity contribution in [1.29, 1.82) is 0 Å². The number of aromatic amines is 1. The van der Waals surface area contributed by atoms with Gasteiger partial charge < -0.3 is 30.0 Å². The van der Waals surface area contributed by atoms with Crippen LogP contribution in [0.15, 0.2) is 48.7 Å². The lowest BCUT2D eigenvalue weighted by molar-refractivity contribution is -0.140. The Hall–Kier alpha value is -4.34. The van der Waals surface area contributed by atoms with Gasteiger partial charge >= 0.3 is 6.09 Å². The van der Waals surface area contributed by atoms with Crippen LogP contribution in [0.25, 0.3) is 10.9 Å². The molecule has 1 aromatic heterocycles. The number of para-hydroxylation sites is 1. The molecule has 0 saturated carbocycles. The van der Waals surface area contributed by atoms with E-state index in [9.17, 15) is 19.2 Å². The second kappa shape index (κ2) is 11.6. The highest BCUT2D eigenvalue weighted by atomic mass is 16.6. The highest BCUT2D eigenvalue weighted by molar-refractivity contribution is 6.00. The molecule has 5 rings (SSSR count). The van der Waals surface area contributed by atoms with Gasteiger partial charge in [-0.05, 0) is 65.3 Å². The average Bonchev–Trinajstić information content (AvgIpc) is 3.34. The Balaban J connectivity index is 1.33. The van der Waals surface area contributed by atoms with Crippen molar-refractivity contribution < 1.29 is 28.7 Å². The number of alkyl carbamates (subject to hydrolysis) is 1. The van der Waals surface area contributed by atoms with Crippen molar-refractivity contribution in [3.8, 4) is 5.75 Å². The minimum atomic E-state index is -1.35. The number of Topliss-reactive ketones (excluding diaryl/α,β-unsaturated/α-hetero) is 1. The minimum absolute atomic E-state index is 0.0546. The zero-order valence-corrected chi connectivity index (χ0v) is 26.3. The molecule has 2 aliphatic heterocycles. The maximum Gasteiger partial charge on any atom is 0.408 e. The van der Waals surface area contributed by atoms with E-state index in [2.05, 4.69) is 15.6 Å². The summed E-state index contributed by atoms with van der Waals surface area (Å²) >= 11 is 0. The third kappa shape index (κ3) is 6.74. The van der Waals surface area contributed by atoms with Gasteiger partial charge in [-0.1, -0.05) is 29.8 Å². The van der Waals surface area contributed by atoms with Crippen molar-refractivity contribution >= 4 is 34.6 Å². The van der Waals surface area contributed by atoms with E-state index < -0.39 is 34.8 Å². The summed E-state index contributed by atoms with van der Waals surface area (Å²) in [6.07, 6.45) is 2.64. The Morgan fingerprint density at radius 2 is 1.77 bits per heavy atom. The van der Waals surface area contributed by atoms with Crippen LogP contribution in [0.1, 0.15) is 75.4 Å². The van der Waals surface area contributed by atoms with Crippen molar-refractivity contribution in [2.45, 2.75) is 90.0 Å². The van der Waals surface area contributed by atoms with Gasteiger partial charge in [-0.15, -0.1) is 0 Å². The molecule has 3 heterocycles. The lowest BCUT2D eigenvalue weighted by Gasteiger charge is -2.44. The molecule has 0 radical (unpaired) electrons. The summed E-state index contributed by atoms with van der Waals surface area (Å²) in [6.45, 7) is 11.1. The summed E-state index contributed by atoms with van der Waals surface area (Å²) in [7, 11) is 0. The molecule has 2 aromatic carbocycles. The Bertz CT molecular complexity index is 1590. The lowest BCUT2D eigenvalue weighted by Crippen LogP contribution is -2.61. The second-order valence-electron chi connectivity index (χ2n) is 13.6. The van der Waals surface area contributed by atoms with E-state index in [0.29, 0.717) is 37.2 Å². The number of likely N-dealkylation sites (tertiary alicyclic amines) is 1. The van der Waals surface area contributed by atoms with Gasteiger partial charge in [0.25, 0.3) is 0 Å². The first-order valence-electron chi connectivity index (χ1n) is 15.1. The number of aryl methyl sites for hydroxylation is 1. The highest BCUT2D eigenvalue weighted by Crippen LogP contribution is 2.39. The normalized spacial score (nSPS) is 17.0. The Kier molecular flexibility index (Phi) is 8.22. The number of carbonyl (C=O) groups is 4. The van der Waals surface area contributed by atoms with Crippen LogP contribution in [-0.2, 0) is 20.7 Å². The van der Waals surface area contributed by atoms with Gasteiger partial charge in [0.2, 0.25) is 11.8 Å². The van der Waals surface area contributed by atoms with Gasteiger partial charge in [0.1, 0.15) is 28.5 Å². The van der Waals surface area contributed by atoms with Crippen LogP contribution in [0.4, 0.5) is 4.79 Å². The number of hydrogen-bond acceptors (Lipinski definition) is 6. The van der Waals surface area contributed by atoms with Crippen molar-refractivity contribution in [3.05, 3.63) is 65.4 Å². The summed E-state index contributed by atoms with van der Waals surface area (Å²) in [5.74, 6) is -0.0948. The third-order valence-corrected chi connectivity index (χ3v) is 8.31. The number of amides is 3. The predicted octanol–water partition coefficient (Wildman–Crippen LogP) is 4.83. The number of hydrogen-bond donors (Lipinski definition) is 3. The first-order chi connectivity index (χ1) is 20.6. The van der Waals surface area contributed by atoms with Gasteiger partial charge in [-0.2, -0.15) is 0 Å². The van der Waals surface area contributed by atoms with E-state index in [1.165, 1.54) is 0 Å². The first kappa shape index (κ1) is 31.1. The third-order valence-electron chi connectivity index (χ3n) is 8.31. The lowest BCUT2D eigenvalue weighted by atomic mass is 9.82. The number of benzene rings is 2. The van der Waals surface area contributed by atoms with Gasteiger partial charge in [0.05, 0.1) is 12.0 Å². The standard InChI is InChI=1S/C34H42N4O6/c1-21-11-12-28-24(17-21)27(39)19-34(43-28)13-15-38(16-14-34)29(40)26(18-22-20-35-25-10-8-7-9-23(22)25)36-30(41)33(5,6)37-31(42)44-32(2,3)4/h7-12,17,20,26,35H,13-16,18-19H2,1-6H3,(H,36,41)(H,37,42)/t26-/m1/s1. The number of piperidine rings is 1. The molecule has 2 aliphatic rings. The number of ketones is 1. The number of fused-ring (bicyclic) bond motifs is 2. The average molecular weight is 603 g/mol. The summed E-state index contributed by atoms with van der Waals surface area (Å²) in [5.41, 5.74) is 0.687. The molecule has 3 aromatic rings. The van der Waals surface area contributed by atoms with Gasteiger partial charge in [-0.25, -0.2) is 4.79 Å². The molecule has 44 heavy (non-hydrogen) atoms. The topological polar surface area (TPSA) is 130 Å². The number of rotatable bonds is 6. The smallest absolute Gasteiger partial charge is 0.408 e. The predicted molar refractivity (Wildman–Crippen MR) is 167 cm³/mol. The van der Waals surface area contributed by atoms with E-state index in [-0.39, 0.29) is 24.5 Å². The van der Waals surface area contributed by atoms with Crippen LogP contribution in [0.2, 0.25) is 0 Å². The Labute approximate surface area is 257 Å². The maximum absolute atomic E-state index is 14.1. The summed E-state index contributed by atoms with van der Waals surface area (Å²) in [5, 5.41) is 6.51. The van der Waals surface area contributed by atoms with Crippen molar-refractivity contribution in [3.63, 3.8) is 0 Å². The second-order valence-corrected chi connectivity index (χ2v) is 13.6. The molecule has 3 N–H and O–H groups in total. The van der Waals surface area contributed by atoms with E-state index in [1.54, 1.807) is 39.5 Å². The fourth-order valence-electron chi connectivity index (χ4n) is 5.92. The van der Waals surface area contributed by atoms with Crippen LogP contribution in [0, 0.1) is 6.92 Å². The first-order valence-corrected chi connectivity index (χ1v) is 15.1. The van der Waals surface area contributed by atoms with Crippen LogP contribution in [0.5, 0.6) is 5.75 Å². The summed E-state index contributed by atoms with van der Waals surface area (Å²) in [4.78, 5) is 58.1. The molecule has 3 amide bonds. The number of H-pyrrole nitrogens is 1. The largest absolute Gasteiger partial charge is 0.486 e. The van der Waals surface area contributed by atoms with Gasteiger partial charge in [-0.3, -0.25) is 14.4 Å². The molecule has 0 aliphatic carbocycles. The highest BCUT2D eigenvalue weighted by Gasteiger charge is 2.45. The number of ether oxygens (including phenoxy) is 2. The summed E-state index contributed by atoms with van der Waals surface area (Å²) < 4.78 is 11.8. The number of aromatic nitrogens is 1. The number of carbonyl (C=O) groups excluding carboxylic acids is 4. The Morgan fingerprint density at radius 3 is 2.48 bits per heavy atom. The minimum Gasteiger partial charge on any atom is -0.486 e. The molecular formula is C34H42N4O6. The van der Waals surface area contributed by atoms with Gasteiger partial charge in [0, 0.05) is 49.5 Å². The SMILES string of the molecule is Cc1ccc2c(c1)C(=O)CC1(CCN(C(=O)[C@@H](Cc3c[nH]c4ccccc34)NC(=O)C(C)(C)NC(=O)OC(C)(C)C)CC1)O2. The van der Waals surface area contributed by atoms with Gasteiger partial charge in [0.15, 0.2) is 5.78 Å². The van der Waals surface area contributed by atoms with E-state index in [0.717, 1.165) is 22.0 Å². The zero-order chi connectivity index (χ0) is 31.9. The molecule has 1 spiro atoms. The van der Waals surface area contributed by atoms with Crippen molar-refractivity contribution in [1.82, 2.24) is 20.5 Å². The molecule has 0 bridgehead atoms. The Morgan fingerprint density at radius 1 is 1.07 bits per heavy atom. The van der Waals surface area contributed by atoms with Crippen LogP contribution in [-0.4, -0.2) is 69.4 Å². The molecular weight excluding hydrogens is 560 g/mol. The van der Waals surface area contributed by atoms with Crippen LogP contribution < -0.4 is 15.4 Å². The maximum atomic E-state index is 14.1.